The highest BCUT2D eigenvalue weighted by atomic mass is 35.5. The summed E-state index contributed by atoms with van der Waals surface area (Å²) in [6.45, 7) is 3.45. The Labute approximate surface area is 168 Å². The smallest absolute Gasteiger partial charge is 0.358 e. The molecule has 0 radical (unpaired) electrons. The highest BCUT2D eigenvalue weighted by Gasteiger charge is 2.17. The number of nitrogens with zero attached hydrogens (tertiary/aromatic N) is 4. The number of carbonyl (C=O) groups excluding carboxylic acids is 2. The van der Waals surface area contributed by atoms with Gasteiger partial charge in [0.15, 0.2) is 17.2 Å². The number of ether oxygens (including phenoxy) is 2. The minimum absolute atomic E-state index is 0.0116. The maximum atomic E-state index is 11.2. The third kappa shape index (κ3) is 5.64. The lowest BCUT2D eigenvalue weighted by Crippen LogP contribution is -2.09. The van der Waals surface area contributed by atoms with Crippen molar-refractivity contribution in [1.29, 1.82) is 0 Å². The van der Waals surface area contributed by atoms with Crippen LogP contribution in [0.2, 0.25) is 15.3 Å². The summed E-state index contributed by atoms with van der Waals surface area (Å²) in [5, 5.41) is -0.221. The molecule has 0 fully saturated rings. The van der Waals surface area contributed by atoms with Gasteiger partial charge in [0, 0.05) is 0 Å². The monoisotopic (exact) mass is 434 g/mol. The summed E-state index contributed by atoms with van der Waals surface area (Å²) < 4.78 is 8.87. The molecule has 0 atom stereocenters. The van der Waals surface area contributed by atoms with E-state index in [0.717, 1.165) is 0 Å². The van der Waals surface area contributed by atoms with E-state index >= 15 is 0 Å². The SMILES string of the molecule is C=Cc1nc(N)c(Cl)c(C(=O)OC)n1.COC(=O)c1nc(Cl)nc(N)c1Cl. The summed E-state index contributed by atoms with van der Waals surface area (Å²) in [6.07, 6.45) is 1.36. The van der Waals surface area contributed by atoms with Crippen molar-refractivity contribution >= 4 is 64.5 Å². The lowest BCUT2D eigenvalue weighted by Gasteiger charge is -2.04. The van der Waals surface area contributed by atoms with E-state index in [1.54, 1.807) is 0 Å². The van der Waals surface area contributed by atoms with Gasteiger partial charge < -0.3 is 20.9 Å². The van der Waals surface area contributed by atoms with Crippen LogP contribution in [0.3, 0.4) is 0 Å². The van der Waals surface area contributed by atoms with Gasteiger partial charge in [-0.15, -0.1) is 0 Å². The minimum atomic E-state index is -0.707. The van der Waals surface area contributed by atoms with Crippen molar-refractivity contribution in [3.63, 3.8) is 0 Å². The first-order valence-corrected chi connectivity index (χ1v) is 7.90. The van der Waals surface area contributed by atoms with Crippen LogP contribution in [0.4, 0.5) is 11.6 Å². The van der Waals surface area contributed by atoms with Crippen molar-refractivity contribution in [3.05, 3.63) is 39.1 Å². The summed E-state index contributed by atoms with van der Waals surface area (Å²) >= 11 is 16.8. The van der Waals surface area contributed by atoms with E-state index in [1.807, 2.05) is 0 Å². The summed E-state index contributed by atoms with van der Waals surface area (Å²) in [7, 11) is 2.43. The van der Waals surface area contributed by atoms with E-state index in [0.29, 0.717) is 0 Å². The van der Waals surface area contributed by atoms with E-state index in [1.165, 1.54) is 20.3 Å². The molecule has 27 heavy (non-hydrogen) atoms. The van der Waals surface area contributed by atoms with Gasteiger partial charge in [0.1, 0.15) is 21.7 Å². The molecule has 2 aromatic rings. The largest absolute Gasteiger partial charge is 0.464 e. The molecule has 4 N–H and O–H groups in total. The molecule has 0 aliphatic carbocycles. The molecule has 0 amide bonds. The second kappa shape index (κ2) is 9.86. The van der Waals surface area contributed by atoms with Crippen molar-refractivity contribution in [2.24, 2.45) is 0 Å². The number of hydrogen-bond donors (Lipinski definition) is 2. The number of hydrogen-bond acceptors (Lipinski definition) is 10. The Hall–Kier alpha value is -2.69. The van der Waals surface area contributed by atoms with Crippen molar-refractivity contribution in [3.8, 4) is 0 Å². The average molecular weight is 436 g/mol. The highest BCUT2D eigenvalue weighted by molar-refractivity contribution is 6.36. The summed E-state index contributed by atoms with van der Waals surface area (Å²) in [5.74, 6) is -1.17. The molecule has 0 bridgehead atoms. The molecule has 2 rings (SSSR count). The molecular weight excluding hydrogens is 423 g/mol. The fraction of sp³-hybridized carbons (Fsp3) is 0.143. The molecule has 0 unspecified atom stereocenters. The number of nitrogens with two attached hydrogens (primary N) is 2. The number of esters is 2. The summed E-state index contributed by atoms with van der Waals surface area (Å²) in [5.41, 5.74) is 10.6. The van der Waals surface area contributed by atoms with Crippen LogP contribution in [0.25, 0.3) is 6.08 Å². The highest BCUT2D eigenvalue weighted by Crippen LogP contribution is 2.22. The first-order chi connectivity index (χ1) is 12.7. The van der Waals surface area contributed by atoms with Gasteiger partial charge in [-0.2, -0.15) is 4.98 Å². The molecule has 13 heteroatoms. The van der Waals surface area contributed by atoms with Crippen LogP contribution in [-0.2, 0) is 9.47 Å². The van der Waals surface area contributed by atoms with E-state index in [4.69, 9.17) is 46.3 Å². The molecule has 2 aromatic heterocycles. The lowest BCUT2D eigenvalue weighted by molar-refractivity contribution is 0.0585. The number of rotatable bonds is 3. The molecule has 0 saturated heterocycles. The lowest BCUT2D eigenvalue weighted by atomic mass is 10.3. The second-order valence-corrected chi connectivity index (χ2v) is 5.45. The summed E-state index contributed by atoms with van der Waals surface area (Å²) in [6, 6.07) is 0. The number of halogens is 3. The van der Waals surface area contributed by atoms with Gasteiger partial charge >= 0.3 is 11.9 Å². The van der Waals surface area contributed by atoms with E-state index in [9.17, 15) is 9.59 Å². The number of aromatic nitrogens is 4. The van der Waals surface area contributed by atoms with E-state index in [-0.39, 0.29) is 44.2 Å². The van der Waals surface area contributed by atoms with Crippen LogP contribution in [0.5, 0.6) is 0 Å². The Balaban J connectivity index is 0.000000271. The first-order valence-electron chi connectivity index (χ1n) is 6.76. The van der Waals surface area contributed by atoms with E-state index in [2.05, 4.69) is 36.0 Å². The molecule has 2 heterocycles. The molecule has 0 aliphatic rings. The number of anilines is 2. The maximum absolute atomic E-state index is 11.2. The zero-order valence-electron chi connectivity index (χ0n) is 14.0. The van der Waals surface area contributed by atoms with Gasteiger partial charge in [-0.3, -0.25) is 0 Å². The fourth-order valence-corrected chi connectivity index (χ4v) is 1.97. The molecule has 0 spiro atoms. The Morgan fingerprint density at radius 2 is 1.33 bits per heavy atom. The zero-order chi connectivity index (χ0) is 20.7. The zero-order valence-corrected chi connectivity index (χ0v) is 16.3. The maximum Gasteiger partial charge on any atom is 0.358 e. The molecule has 10 nitrogen and oxygen atoms in total. The normalized spacial score (nSPS) is 9.67. The molecular formula is C14H13Cl3N6O4. The Morgan fingerprint density at radius 3 is 1.78 bits per heavy atom. The average Bonchev–Trinajstić information content (AvgIpc) is 2.65. The predicted molar refractivity (Wildman–Crippen MR) is 101 cm³/mol. The molecule has 0 aromatic carbocycles. The van der Waals surface area contributed by atoms with Crippen LogP contribution in [0.15, 0.2) is 6.58 Å². The van der Waals surface area contributed by atoms with Gasteiger partial charge in [0.2, 0.25) is 5.28 Å². The second-order valence-electron chi connectivity index (χ2n) is 4.36. The van der Waals surface area contributed by atoms with Crippen LogP contribution >= 0.6 is 34.8 Å². The Morgan fingerprint density at radius 1 is 0.889 bits per heavy atom. The molecule has 0 saturated carbocycles. The number of nitrogen functional groups attached to an aromatic ring is 2. The van der Waals surface area contributed by atoms with Crippen LogP contribution in [-0.4, -0.2) is 46.1 Å². The quantitative estimate of drug-likeness (QED) is 0.541. The van der Waals surface area contributed by atoms with Gasteiger partial charge in [0.05, 0.1) is 14.2 Å². The van der Waals surface area contributed by atoms with Crippen molar-refractivity contribution in [1.82, 2.24) is 19.9 Å². The number of methoxy groups -OCH3 is 2. The van der Waals surface area contributed by atoms with Crippen LogP contribution in [0.1, 0.15) is 26.8 Å². The van der Waals surface area contributed by atoms with Crippen LogP contribution in [0, 0.1) is 0 Å². The van der Waals surface area contributed by atoms with Gasteiger partial charge in [0.25, 0.3) is 0 Å². The van der Waals surface area contributed by atoms with E-state index < -0.39 is 11.9 Å². The molecule has 0 aliphatic heterocycles. The topological polar surface area (TPSA) is 156 Å². The van der Waals surface area contributed by atoms with Crippen LogP contribution < -0.4 is 11.5 Å². The Kier molecular flexibility index (Phi) is 8.16. The third-order valence-corrected chi connectivity index (χ3v) is 3.60. The standard InChI is InChI=1S/C8H8ClN3O2.C6H5Cl2N3O2/c1-3-4-11-6(8(13)14-2)5(9)7(10)12-4;1-13-5(12)3-2(7)4(9)11-6(8)10-3/h3H,1H2,2H3,(H2,10,11,12);1H3,(H2,9,10,11). The predicted octanol–water partition coefficient (Wildman–Crippen LogP) is 2.29. The minimum Gasteiger partial charge on any atom is -0.464 e. The number of carbonyl (C=O) groups is 2. The summed E-state index contributed by atoms with van der Waals surface area (Å²) in [4.78, 5) is 36.9. The fourth-order valence-electron chi connectivity index (χ4n) is 1.47. The third-order valence-electron chi connectivity index (χ3n) is 2.68. The van der Waals surface area contributed by atoms with Gasteiger partial charge in [-0.1, -0.05) is 29.8 Å². The van der Waals surface area contributed by atoms with Gasteiger partial charge in [-0.25, -0.2) is 24.5 Å². The van der Waals surface area contributed by atoms with Crippen molar-refractivity contribution in [2.75, 3.05) is 25.7 Å². The van der Waals surface area contributed by atoms with Gasteiger partial charge in [-0.05, 0) is 17.7 Å². The van der Waals surface area contributed by atoms with Crippen molar-refractivity contribution in [2.45, 2.75) is 0 Å². The Bertz CT molecular complexity index is 894. The molecule has 144 valence electrons. The van der Waals surface area contributed by atoms with Crippen molar-refractivity contribution < 1.29 is 19.1 Å². The first kappa shape index (κ1) is 22.4.